The van der Waals surface area contributed by atoms with Gasteiger partial charge in [-0.2, -0.15) is 0 Å². The van der Waals surface area contributed by atoms with Gasteiger partial charge >= 0.3 is 0 Å². The van der Waals surface area contributed by atoms with Gasteiger partial charge < -0.3 is 4.90 Å². The summed E-state index contributed by atoms with van der Waals surface area (Å²) < 4.78 is 0. The summed E-state index contributed by atoms with van der Waals surface area (Å²) in [5.74, 6) is 0.113. The van der Waals surface area contributed by atoms with Crippen LogP contribution < -0.4 is 0 Å². The third kappa shape index (κ3) is 3.38. The molecule has 0 N–H and O–H groups in total. The largest absolute Gasteiger partial charge is 0.339 e. The number of fused-ring (bicyclic) bond motifs is 1. The Balaban J connectivity index is 1.59. The zero-order valence-corrected chi connectivity index (χ0v) is 16.1. The number of hydrogen-bond donors (Lipinski definition) is 0. The number of amides is 1. The average Bonchev–Trinajstić information content (AvgIpc) is 3.33. The normalized spacial score (nSPS) is 13.7. The fraction of sp³-hybridized carbons (Fsp3) is 0.160. The number of benzene rings is 3. The molecule has 0 radical (unpaired) electrons. The Hall–Kier alpha value is -3.53. The minimum Gasteiger partial charge on any atom is -0.339 e. The molecule has 5 rings (SSSR count). The van der Waals surface area contributed by atoms with Crippen molar-refractivity contribution in [2.45, 2.75) is 12.8 Å². The van der Waals surface area contributed by atoms with E-state index in [2.05, 4.69) is 0 Å². The Kier molecular flexibility index (Phi) is 4.53. The van der Waals surface area contributed by atoms with Gasteiger partial charge in [0.1, 0.15) is 0 Å². The molecule has 0 saturated carbocycles. The van der Waals surface area contributed by atoms with Gasteiger partial charge in [-0.1, -0.05) is 54.6 Å². The Labute approximate surface area is 169 Å². The van der Waals surface area contributed by atoms with Crippen molar-refractivity contribution in [1.82, 2.24) is 14.9 Å². The lowest BCUT2D eigenvalue weighted by Crippen LogP contribution is -2.27. The first-order valence-electron chi connectivity index (χ1n) is 10.0. The first kappa shape index (κ1) is 17.6. The Morgan fingerprint density at radius 1 is 0.655 bits per heavy atom. The molecule has 1 aliphatic heterocycles. The lowest BCUT2D eigenvalue weighted by Gasteiger charge is -2.15. The maximum atomic E-state index is 12.7. The first-order chi connectivity index (χ1) is 14.3. The third-order valence-corrected chi connectivity index (χ3v) is 5.42. The Morgan fingerprint density at radius 3 is 1.76 bits per heavy atom. The lowest BCUT2D eigenvalue weighted by atomic mass is 10.0. The number of hydrogen-bond acceptors (Lipinski definition) is 3. The molecule has 4 aromatic rings. The molecule has 0 aliphatic carbocycles. The second kappa shape index (κ2) is 7.47. The molecule has 1 fully saturated rings. The SMILES string of the molecule is O=C(c1ccc(-c2nc3ccccc3nc2-c2ccccc2)cc1)N1CCCC1. The summed E-state index contributed by atoms with van der Waals surface area (Å²) in [6, 6.07) is 25.8. The van der Waals surface area contributed by atoms with Gasteiger partial charge in [0.2, 0.25) is 0 Å². The molecule has 142 valence electrons. The minimum absolute atomic E-state index is 0.113. The van der Waals surface area contributed by atoms with E-state index < -0.39 is 0 Å². The maximum absolute atomic E-state index is 12.7. The van der Waals surface area contributed by atoms with Crippen molar-refractivity contribution in [3.05, 3.63) is 84.4 Å². The van der Waals surface area contributed by atoms with Crippen LogP contribution in [0.25, 0.3) is 33.5 Å². The second-order valence-electron chi connectivity index (χ2n) is 7.35. The zero-order valence-electron chi connectivity index (χ0n) is 16.1. The summed E-state index contributed by atoms with van der Waals surface area (Å²) in [5.41, 5.74) is 6.12. The van der Waals surface area contributed by atoms with Crippen LogP contribution in [0.5, 0.6) is 0 Å². The Bertz CT molecular complexity index is 1160. The van der Waals surface area contributed by atoms with E-state index in [0.29, 0.717) is 0 Å². The number of aromatic nitrogens is 2. The van der Waals surface area contributed by atoms with Gasteiger partial charge in [0, 0.05) is 29.8 Å². The fourth-order valence-electron chi connectivity index (χ4n) is 3.87. The average molecular weight is 379 g/mol. The quantitative estimate of drug-likeness (QED) is 0.491. The van der Waals surface area contributed by atoms with E-state index in [1.807, 2.05) is 83.8 Å². The first-order valence-corrected chi connectivity index (χ1v) is 10.0. The molecule has 0 atom stereocenters. The summed E-state index contributed by atoms with van der Waals surface area (Å²) in [4.78, 5) is 24.4. The van der Waals surface area contributed by atoms with Crippen LogP contribution in [0.2, 0.25) is 0 Å². The van der Waals surface area contributed by atoms with Crippen molar-refractivity contribution in [2.24, 2.45) is 0 Å². The number of rotatable bonds is 3. The molecular formula is C25H21N3O. The molecule has 0 spiro atoms. The van der Waals surface area contributed by atoms with E-state index in [1.165, 1.54) is 0 Å². The van der Waals surface area contributed by atoms with Gasteiger partial charge in [0.15, 0.2) is 0 Å². The van der Waals surface area contributed by atoms with E-state index in [1.54, 1.807) is 0 Å². The number of likely N-dealkylation sites (tertiary alicyclic amines) is 1. The van der Waals surface area contributed by atoms with Crippen LogP contribution >= 0.6 is 0 Å². The summed E-state index contributed by atoms with van der Waals surface area (Å²) in [5, 5.41) is 0. The molecule has 29 heavy (non-hydrogen) atoms. The molecule has 2 heterocycles. The highest BCUT2D eigenvalue weighted by molar-refractivity contribution is 5.95. The van der Waals surface area contributed by atoms with E-state index >= 15 is 0 Å². The van der Waals surface area contributed by atoms with Crippen molar-refractivity contribution in [1.29, 1.82) is 0 Å². The van der Waals surface area contributed by atoms with Crippen molar-refractivity contribution in [3.63, 3.8) is 0 Å². The summed E-state index contributed by atoms with van der Waals surface area (Å²) in [6.07, 6.45) is 2.19. The van der Waals surface area contributed by atoms with Crippen LogP contribution in [0.3, 0.4) is 0 Å². The molecule has 4 nitrogen and oxygen atoms in total. The summed E-state index contributed by atoms with van der Waals surface area (Å²) in [7, 11) is 0. The van der Waals surface area contributed by atoms with Crippen LogP contribution in [0.15, 0.2) is 78.9 Å². The van der Waals surface area contributed by atoms with E-state index in [0.717, 1.165) is 65.0 Å². The highest BCUT2D eigenvalue weighted by Gasteiger charge is 2.20. The van der Waals surface area contributed by atoms with Crippen LogP contribution in [0.4, 0.5) is 0 Å². The molecule has 1 saturated heterocycles. The molecule has 3 aromatic carbocycles. The number of nitrogens with zero attached hydrogens (tertiary/aromatic N) is 3. The summed E-state index contributed by atoms with van der Waals surface area (Å²) in [6.45, 7) is 1.71. The molecular weight excluding hydrogens is 358 g/mol. The maximum Gasteiger partial charge on any atom is 0.253 e. The highest BCUT2D eigenvalue weighted by atomic mass is 16.2. The van der Waals surface area contributed by atoms with Crippen LogP contribution in [-0.4, -0.2) is 33.9 Å². The van der Waals surface area contributed by atoms with Crippen LogP contribution in [0.1, 0.15) is 23.2 Å². The predicted molar refractivity (Wildman–Crippen MR) is 116 cm³/mol. The molecule has 0 bridgehead atoms. The highest BCUT2D eigenvalue weighted by Crippen LogP contribution is 2.31. The van der Waals surface area contributed by atoms with E-state index in [4.69, 9.17) is 9.97 Å². The molecule has 1 aromatic heterocycles. The minimum atomic E-state index is 0.113. The van der Waals surface area contributed by atoms with Gasteiger partial charge in [-0.3, -0.25) is 4.79 Å². The van der Waals surface area contributed by atoms with E-state index in [-0.39, 0.29) is 5.91 Å². The van der Waals surface area contributed by atoms with Gasteiger partial charge in [-0.15, -0.1) is 0 Å². The van der Waals surface area contributed by atoms with Gasteiger partial charge in [0.25, 0.3) is 5.91 Å². The van der Waals surface area contributed by atoms with Crippen molar-refractivity contribution >= 4 is 16.9 Å². The second-order valence-corrected chi connectivity index (χ2v) is 7.35. The predicted octanol–water partition coefficient (Wildman–Crippen LogP) is 5.20. The van der Waals surface area contributed by atoms with Crippen molar-refractivity contribution in [3.8, 4) is 22.5 Å². The number of carbonyl (C=O) groups is 1. The van der Waals surface area contributed by atoms with Crippen LogP contribution in [-0.2, 0) is 0 Å². The molecule has 0 unspecified atom stereocenters. The van der Waals surface area contributed by atoms with Crippen LogP contribution in [0, 0.1) is 0 Å². The molecule has 1 aliphatic rings. The Morgan fingerprint density at radius 2 is 1.17 bits per heavy atom. The number of carbonyl (C=O) groups excluding carboxylic acids is 1. The lowest BCUT2D eigenvalue weighted by molar-refractivity contribution is 0.0793. The number of para-hydroxylation sites is 2. The van der Waals surface area contributed by atoms with Gasteiger partial charge in [-0.05, 0) is 37.1 Å². The third-order valence-electron chi connectivity index (χ3n) is 5.42. The topological polar surface area (TPSA) is 46.1 Å². The zero-order chi connectivity index (χ0) is 19.6. The van der Waals surface area contributed by atoms with E-state index in [9.17, 15) is 4.79 Å². The van der Waals surface area contributed by atoms with Gasteiger partial charge in [-0.25, -0.2) is 9.97 Å². The smallest absolute Gasteiger partial charge is 0.253 e. The van der Waals surface area contributed by atoms with Crippen molar-refractivity contribution < 1.29 is 4.79 Å². The molecule has 4 heteroatoms. The fourth-order valence-corrected chi connectivity index (χ4v) is 3.87. The molecule has 1 amide bonds. The van der Waals surface area contributed by atoms with Gasteiger partial charge in [0.05, 0.1) is 22.4 Å². The van der Waals surface area contributed by atoms with Crippen molar-refractivity contribution in [2.75, 3.05) is 13.1 Å². The summed E-state index contributed by atoms with van der Waals surface area (Å²) >= 11 is 0. The monoisotopic (exact) mass is 379 g/mol. The standard InChI is InChI=1S/C25H21N3O/c29-25(28-16-6-7-17-28)20-14-12-19(13-15-20)24-23(18-8-2-1-3-9-18)26-21-10-4-5-11-22(21)27-24/h1-5,8-15H,6-7,16-17H2.